The maximum Gasteiger partial charge on any atom is 0.253 e. The minimum absolute atomic E-state index is 0.0376. The second-order valence-corrected chi connectivity index (χ2v) is 4.45. The van der Waals surface area contributed by atoms with Gasteiger partial charge in [0.2, 0.25) is 5.91 Å². The molecule has 0 unspecified atom stereocenters. The summed E-state index contributed by atoms with van der Waals surface area (Å²) in [6.07, 6.45) is 3.17. The highest BCUT2D eigenvalue weighted by Gasteiger charge is 2.25. The third-order valence-corrected chi connectivity index (χ3v) is 3.13. The molecule has 2 amide bonds. The van der Waals surface area contributed by atoms with E-state index < -0.39 is 0 Å². The summed E-state index contributed by atoms with van der Waals surface area (Å²) in [5.41, 5.74) is 1.31. The lowest BCUT2D eigenvalue weighted by molar-refractivity contribution is -0.117. The molecule has 4 heteroatoms. The van der Waals surface area contributed by atoms with Crippen molar-refractivity contribution < 1.29 is 9.59 Å². The summed E-state index contributed by atoms with van der Waals surface area (Å²) in [7, 11) is 0. The zero-order chi connectivity index (χ0) is 13.0. The molecule has 1 aliphatic rings. The van der Waals surface area contributed by atoms with Gasteiger partial charge in [-0.1, -0.05) is 31.9 Å². The number of hydrogen-bond acceptors (Lipinski definition) is 2. The molecule has 1 aromatic carbocycles. The molecule has 0 saturated heterocycles. The minimum atomic E-state index is -0.169. The summed E-state index contributed by atoms with van der Waals surface area (Å²) in [5, 5.41) is 2.64. The van der Waals surface area contributed by atoms with Gasteiger partial charge in [0, 0.05) is 6.54 Å². The van der Waals surface area contributed by atoms with E-state index >= 15 is 0 Å². The molecule has 4 nitrogen and oxygen atoms in total. The summed E-state index contributed by atoms with van der Waals surface area (Å²) in [6, 6.07) is 7.27. The predicted octanol–water partition coefficient (Wildman–Crippen LogP) is 1.95. The monoisotopic (exact) mass is 246 g/mol. The Balaban J connectivity index is 2.28. The fraction of sp³-hybridized carbons (Fsp3) is 0.429. The van der Waals surface area contributed by atoms with Gasteiger partial charge in [-0.05, 0) is 18.6 Å². The number of carbonyl (C=O) groups excluding carboxylic acids is 2. The Labute approximate surface area is 107 Å². The fourth-order valence-corrected chi connectivity index (χ4v) is 2.15. The molecule has 1 aromatic rings. The van der Waals surface area contributed by atoms with Gasteiger partial charge in [-0.2, -0.15) is 0 Å². The maximum atomic E-state index is 12.0. The molecule has 0 saturated carbocycles. The number of fused-ring (bicyclic) bond motifs is 1. The number of amides is 2. The van der Waals surface area contributed by atoms with Crippen LogP contribution in [-0.4, -0.2) is 24.9 Å². The van der Waals surface area contributed by atoms with Crippen molar-refractivity contribution in [1.29, 1.82) is 0 Å². The van der Waals surface area contributed by atoms with Gasteiger partial charge in [0.15, 0.2) is 0 Å². The summed E-state index contributed by atoms with van der Waals surface area (Å²) < 4.78 is 0. The van der Waals surface area contributed by atoms with Gasteiger partial charge in [-0.25, -0.2) is 0 Å². The fourth-order valence-electron chi connectivity index (χ4n) is 2.15. The highest BCUT2D eigenvalue weighted by atomic mass is 16.2. The van der Waals surface area contributed by atoms with Gasteiger partial charge >= 0.3 is 0 Å². The molecule has 1 aliphatic heterocycles. The van der Waals surface area contributed by atoms with Crippen molar-refractivity contribution in [2.45, 2.75) is 26.2 Å². The first-order valence-electron chi connectivity index (χ1n) is 6.41. The van der Waals surface area contributed by atoms with E-state index in [0.29, 0.717) is 12.1 Å². The topological polar surface area (TPSA) is 49.4 Å². The number of nitrogens with one attached hydrogen (secondary N) is 1. The molecule has 0 bridgehead atoms. The van der Waals surface area contributed by atoms with E-state index in [1.54, 1.807) is 11.0 Å². The number of carbonyl (C=O) groups is 2. The van der Waals surface area contributed by atoms with E-state index in [1.165, 1.54) is 0 Å². The molecule has 2 rings (SSSR count). The first-order valence-corrected chi connectivity index (χ1v) is 6.41. The van der Waals surface area contributed by atoms with Crippen LogP contribution in [0.15, 0.2) is 24.3 Å². The molecule has 96 valence electrons. The van der Waals surface area contributed by atoms with Gasteiger partial charge in [0.05, 0.1) is 17.8 Å². The quantitative estimate of drug-likeness (QED) is 0.825. The Morgan fingerprint density at radius 2 is 2.00 bits per heavy atom. The maximum absolute atomic E-state index is 12.0. The zero-order valence-electron chi connectivity index (χ0n) is 10.6. The van der Waals surface area contributed by atoms with Crippen molar-refractivity contribution in [1.82, 2.24) is 5.32 Å². The summed E-state index contributed by atoms with van der Waals surface area (Å²) >= 11 is 0. The van der Waals surface area contributed by atoms with Crippen LogP contribution in [0.2, 0.25) is 0 Å². The predicted molar refractivity (Wildman–Crippen MR) is 70.7 cm³/mol. The van der Waals surface area contributed by atoms with Crippen LogP contribution >= 0.6 is 0 Å². The minimum Gasteiger partial charge on any atom is -0.343 e. The average Bonchev–Trinajstić information content (AvgIpc) is 2.51. The van der Waals surface area contributed by atoms with Crippen LogP contribution in [0.25, 0.3) is 0 Å². The van der Waals surface area contributed by atoms with Crippen molar-refractivity contribution in [3.05, 3.63) is 29.8 Å². The Morgan fingerprint density at radius 1 is 1.22 bits per heavy atom. The standard InChI is InChI=1S/C14H18N2O2/c1-2-3-6-9-16-12-8-5-4-7-11(12)14(18)15-10-13(16)17/h4-5,7-8H,2-3,6,9-10H2,1H3,(H,15,18). The van der Waals surface area contributed by atoms with E-state index in [1.807, 2.05) is 18.2 Å². The molecule has 0 radical (unpaired) electrons. The Kier molecular flexibility index (Phi) is 3.97. The summed E-state index contributed by atoms with van der Waals surface area (Å²) in [6.45, 7) is 2.89. The lowest BCUT2D eigenvalue weighted by Gasteiger charge is -2.21. The van der Waals surface area contributed by atoms with Crippen molar-refractivity contribution in [2.24, 2.45) is 0 Å². The second kappa shape index (κ2) is 5.67. The number of hydrogen-bond donors (Lipinski definition) is 1. The average molecular weight is 246 g/mol. The third-order valence-electron chi connectivity index (χ3n) is 3.13. The molecule has 1 N–H and O–H groups in total. The van der Waals surface area contributed by atoms with E-state index in [9.17, 15) is 9.59 Å². The normalized spacial score (nSPS) is 15.1. The van der Waals surface area contributed by atoms with Gasteiger partial charge in [0.25, 0.3) is 5.91 Å². The van der Waals surface area contributed by atoms with E-state index in [0.717, 1.165) is 24.9 Å². The smallest absolute Gasteiger partial charge is 0.253 e. The molecule has 18 heavy (non-hydrogen) atoms. The molecular weight excluding hydrogens is 228 g/mol. The first-order chi connectivity index (χ1) is 8.74. The Hall–Kier alpha value is -1.84. The molecule has 0 aliphatic carbocycles. The number of benzene rings is 1. The highest BCUT2D eigenvalue weighted by Crippen LogP contribution is 2.23. The van der Waals surface area contributed by atoms with E-state index in [4.69, 9.17) is 0 Å². The summed E-state index contributed by atoms with van der Waals surface area (Å²) in [5.74, 6) is -0.207. The van der Waals surface area contributed by atoms with E-state index in [-0.39, 0.29) is 18.4 Å². The van der Waals surface area contributed by atoms with Crippen LogP contribution in [0, 0.1) is 0 Å². The molecule has 0 spiro atoms. The van der Waals surface area contributed by atoms with Crippen LogP contribution < -0.4 is 10.2 Å². The van der Waals surface area contributed by atoms with E-state index in [2.05, 4.69) is 12.2 Å². The second-order valence-electron chi connectivity index (χ2n) is 4.45. The zero-order valence-corrected chi connectivity index (χ0v) is 10.6. The van der Waals surface area contributed by atoms with Crippen molar-refractivity contribution in [3.63, 3.8) is 0 Å². The largest absolute Gasteiger partial charge is 0.343 e. The van der Waals surface area contributed by atoms with Crippen molar-refractivity contribution in [3.8, 4) is 0 Å². The Bertz CT molecular complexity index is 457. The lowest BCUT2D eigenvalue weighted by Crippen LogP contribution is -2.37. The van der Waals surface area contributed by atoms with Gasteiger partial charge < -0.3 is 10.2 Å². The number of unbranched alkanes of at least 4 members (excludes halogenated alkanes) is 2. The van der Waals surface area contributed by atoms with Crippen molar-refractivity contribution in [2.75, 3.05) is 18.0 Å². The van der Waals surface area contributed by atoms with Gasteiger partial charge in [-0.15, -0.1) is 0 Å². The molecular formula is C14H18N2O2. The lowest BCUT2D eigenvalue weighted by atomic mass is 10.1. The first kappa shape index (κ1) is 12.6. The Morgan fingerprint density at radius 3 is 2.78 bits per heavy atom. The number of anilines is 1. The van der Waals surface area contributed by atoms with Crippen LogP contribution in [0.5, 0.6) is 0 Å². The molecule has 0 atom stereocenters. The number of para-hydroxylation sites is 1. The molecule has 1 heterocycles. The third kappa shape index (κ3) is 2.53. The van der Waals surface area contributed by atoms with Gasteiger partial charge in [-0.3, -0.25) is 9.59 Å². The van der Waals surface area contributed by atoms with Crippen molar-refractivity contribution >= 4 is 17.5 Å². The number of nitrogens with zero attached hydrogens (tertiary/aromatic N) is 1. The number of rotatable bonds is 4. The van der Waals surface area contributed by atoms with Crippen LogP contribution in [0.4, 0.5) is 5.69 Å². The highest BCUT2D eigenvalue weighted by molar-refractivity contribution is 6.09. The molecule has 0 fully saturated rings. The van der Waals surface area contributed by atoms with Crippen LogP contribution in [0.3, 0.4) is 0 Å². The van der Waals surface area contributed by atoms with Crippen LogP contribution in [0.1, 0.15) is 36.5 Å². The van der Waals surface area contributed by atoms with Crippen LogP contribution in [-0.2, 0) is 4.79 Å². The van der Waals surface area contributed by atoms with Gasteiger partial charge in [0.1, 0.15) is 0 Å². The SMILES string of the molecule is CCCCCN1C(=O)CNC(=O)c2ccccc21. The molecule has 0 aromatic heterocycles. The summed E-state index contributed by atoms with van der Waals surface area (Å²) in [4.78, 5) is 25.6.